The molecule has 158 valence electrons. The van der Waals surface area contributed by atoms with Crippen LogP contribution in [0.3, 0.4) is 0 Å². The highest BCUT2D eigenvalue weighted by atomic mass is 32.2. The topological polar surface area (TPSA) is 116 Å². The summed E-state index contributed by atoms with van der Waals surface area (Å²) in [6, 6.07) is 7.01. The van der Waals surface area contributed by atoms with Gasteiger partial charge in [-0.25, -0.2) is 14.8 Å². The standard InChI is InChI=1S/C20H24N6O3S/c1-12-7-9-20(10-8-12)17(28)26(19(29)24-20)25-15(27)11-30-18-22-14-6-4-3-5-13(14)16(21-2)23-18/h3-6,12H,7-11H2,1-2H3,(H,24,29)(H,25,27)(H,21,22,23). The van der Waals surface area contributed by atoms with Gasteiger partial charge in [0.15, 0.2) is 5.16 Å². The number of nitrogens with zero attached hydrogens (tertiary/aromatic N) is 3. The summed E-state index contributed by atoms with van der Waals surface area (Å²) in [5, 5.41) is 7.96. The average Bonchev–Trinajstić information content (AvgIpc) is 2.98. The molecule has 0 atom stereocenters. The van der Waals surface area contributed by atoms with Gasteiger partial charge in [0, 0.05) is 12.4 Å². The third kappa shape index (κ3) is 3.79. The number of fused-ring (bicyclic) bond motifs is 1. The zero-order chi connectivity index (χ0) is 21.3. The Hall–Kier alpha value is -2.88. The van der Waals surface area contributed by atoms with Crippen LogP contribution in [0.15, 0.2) is 29.4 Å². The van der Waals surface area contributed by atoms with E-state index in [4.69, 9.17) is 0 Å². The molecule has 1 aromatic carbocycles. The van der Waals surface area contributed by atoms with Gasteiger partial charge in [0.05, 0.1) is 11.3 Å². The van der Waals surface area contributed by atoms with Gasteiger partial charge < -0.3 is 10.6 Å². The molecule has 9 nitrogen and oxygen atoms in total. The number of hydrazine groups is 1. The first-order valence-corrected chi connectivity index (χ1v) is 10.9. The fraction of sp³-hybridized carbons (Fsp3) is 0.450. The SMILES string of the molecule is CNc1nc(SCC(=O)NN2C(=O)NC3(CCC(C)CC3)C2=O)nc2ccccc12. The van der Waals surface area contributed by atoms with E-state index in [0.29, 0.717) is 29.7 Å². The minimum Gasteiger partial charge on any atom is -0.372 e. The molecule has 2 heterocycles. The maximum Gasteiger partial charge on any atom is 0.344 e. The van der Waals surface area contributed by atoms with Crippen molar-refractivity contribution < 1.29 is 14.4 Å². The van der Waals surface area contributed by atoms with Crippen LogP contribution < -0.4 is 16.1 Å². The number of carbonyl (C=O) groups excluding carboxylic acids is 3. The largest absolute Gasteiger partial charge is 0.372 e. The summed E-state index contributed by atoms with van der Waals surface area (Å²) >= 11 is 1.14. The van der Waals surface area contributed by atoms with E-state index in [0.717, 1.165) is 40.5 Å². The van der Waals surface area contributed by atoms with Gasteiger partial charge in [-0.1, -0.05) is 30.8 Å². The Balaban J connectivity index is 1.40. The molecule has 4 rings (SSSR count). The molecule has 1 saturated heterocycles. The summed E-state index contributed by atoms with van der Waals surface area (Å²) in [6.07, 6.45) is 2.93. The predicted octanol–water partition coefficient (Wildman–Crippen LogP) is 2.30. The van der Waals surface area contributed by atoms with Crippen molar-refractivity contribution in [2.75, 3.05) is 18.1 Å². The Labute approximate surface area is 178 Å². The number of thioether (sulfide) groups is 1. The van der Waals surface area contributed by atoms with Crippen molar-refractivity contribution in [1.29, 1.82) is 0 Å². The Morgan fingerprint density at radius 3 is 2.73 bits per heavy atom. The normalized spacial score (nSPS) is 23.7. The molecule has 0 bridgehead atoms. The van der Waals surface area contributed by atoms with Gasteiger partial charge in [-0.2, -0.15) is 5.01 Å². The molecule has 1 aliphatic carbocycles. The monoisotopic (exact) mass is 428 g/mol. The van der Waals surface area contributed by atoms with Crippen LogP contribution >= 0.6 is 11.8 Å². The van der Waals surface area contributed by atoms with Crippen molar-refractivity contribution in [2.24, 2.45) is 5.92 Å². The van der Waals surface area contributed by atoms with E-state index in [2.05, 4.69) is 33.0 Å². The van der Waals surface area contributed by atoms with Crippen molar-refractivity contribution in [3.8, 4) is 0 Å². The Morgan fingerprint density at radius 2 is 2.00 bits per heavy atom. The van der Waals surface area contributed by atoms with Crippen molar-refractivity contribution in [3.63, 3.8) is 0 Å². The number of nitrogens with one attached hydrogen (secondary N) is 3. The number of urea groups is 1. The summed E-state index contributed by atoms with van der Waals surface area (Å²) in [7, 11) is 1.77. The van der Waals surface area contributed by atoms with E-state index in [1.165, 1.54) is 0 Å². The highest BCUT2D eigenvalue weighted by molar-refractivity contribution is 7.99. The highest BCUT2D eigenvalue weighted by Crippen LogP contribution is 2.35. The van der Waals surface area contributed by atoms with E-state index >= 15 is 0 Å². The van der Waals surface area contributed by atoms with Crippen LogP contribution in [-0.2, 0) is 9.59 Å². The van der Waals surface area contributed by atoms with Gasteiger partial charge in [0.1, 0.15) is 11.4 Å². The summed E-state index contributed by atoms with van der Waals surface area (Å²) in [5.41, 5.74) is 2.32. The van der Waals surface area contributed by atoms with Crippen LogP contribution in [0, 0.1) is 5.92 Å². The van der Waals surface area contributed by atoms with E-state index in [1.807, 2.05) is 24.3 Å². The zero-order valence-corrected chi connectivity index (χ0v) is 17.7. The fourth-order valence-electron chi connectivity index (χ4n) is 3.91. The number of aromatic nitrogens is 2. The number of hydrogen-bond acceptors (Lipinski definition) is 7. The molecule has 4 amide bonds. The first-order chi connectivity index (χ1) is 14.4. The molecule has 2 fully saturated rings. The molecule has 3 N–H and O–H groups in total. The summed E-state index contributed by atoms with van der Waals surface area (Å²) < 4.78 is 0. The minimum atomic E-state index is -0.882. The molecule has 0 unspecified atom stereocenters. The van der Waals surface area contributed by atoms with Crippen molar-refractivity contribution in [1.82, 2.24) is 25.7 Å². The van der Waals surface area contributed by atoms with Crippen LogP contribution in [0.2, 0.25) is 0 Å². The number of anilines is 1. The van der Waals surface area contributed by atoms with Gasteiger partial charge in [-0.05, 0) is 43.7 Å². The third-order valence-corrected chi connectivity index (χ3v) is 6.53. The molecule has 1 saturated carbocycles. The Bertz CT molecular complexity index is 1010. The second kappa shape index (κ2) is 8.10. The van der Waals surface area contributed by atoms with Crippen LogP contribution in [0.5, 0.6) is 0 Å². The van der Waals surface area contributed by atoms with Crippen molar-refractivity contribution in [2.45, 2.75) is 43.3 Å². The second-order valence-corrected chi connectivity index (χ2v) is 8.72. The Morgan fingerprint density at radius 1 is 1.27 bits per heavy atom. The predicted molar refractivity (Wildman–Crippen MR) is 114 cm³/mol. The van der Waals surface area contributed by atoms with Gasteiger partial charge in [-0.15, -0.1) is 0 Å². The lowest BCUT2D eigenvalue weighted by atomic mass is 9.77. The number of rotatable bonds is 5. The average molecular weight is 429 g/mol. The maximum atomic E-state index is 12.8. The van der Waals surface area contributed by atoms with Gasteiger partial charge in [0.25, 0.3) is 5.91 Å². The lowest BCUT2D eigenvalue weighted by Crippen LogP contribution is -2.51. The van der Waals surface area contributed by atoms with E-state index in [1.54, 1.807) is 7.05 Å². The van der Waals surface area contributed by atoms with Crippen LogP contribution in [0.1, 0.15) is 32.6 Å². The van der Waals surface area contributed by atoms with Gasteiger partial charge in [0.2, 0.25) is 5.91 Å². The zero-order valence-electron chi connectivity index (χ0n) is 16.9. The molecule has 1 aromatic heterocycles. The molecular formula is C20H24N6O3S. The van der Waals surface area contributed by atoms with Gasteiger partial charge >= 0.3 is 6.03 Å². The van der Waals surface area contributed by atoms with Crippen LogP contribution in [-0.4, -0.2) is 51.2 Å². The molecule has 1 spiro atoms. The molecule has 0 radical (unpaired) electrons. The highest BCUT2D eigenvalue weighted by Gasteiger charge is 2.52. The third-order valence-electron chi connectivity index (χ3n) is 5.68. The fourth-order valence-corrected chi connectivity index (χ4v) is 4.56. The lowest BCUT2D eigenvalue weighted by molar-refractivity contribution is -0.139. The number of benzene rings is 1. The molecule has 10 heteroatoms. The van der Waals surface area contributed by atoms with Gasteiger partial charge in [-0.3, -0.25) is 15.0 Å². The lowest BCUT2D eigenvalue weighted by Gasteiger charge is -2.33. The molecule has 2 aromatic rings. The van der Waals surface area contributed by atoms with Crippen LogP contribution in [0.25, 0.3) is 10.9 Å². The number of carbonyl (C=O) groups is 3. The van der Waals surface area contributed by atoms with Crippen molar-refractivity contribution in [3.05, 3.63) is 24.3 Å². The molecule has 30 heavy (non-hydrogen) atoms. The number of amides is 4. The first-order valence-electron chi connectivity index (χ1n) is 9.95. The number of imide groups is 1. The molecule has 1 aliphatic heterocycles. The van der Waals surface area contributed by atoms with E-state index in [9.17, 15) is 14.4 Å². The quantitative estimate of drug-likeness (QED) is 0.380. The Kier molecular flexibility index (Phi) is 5.50. The van der Waals surface area contributed by atoms with E-state index in [-0.39, 0.29) is 11.7 Å². The number of para-hydroxylation sites is 1. The molecular weight excluding hydrogens is 404 g/mol. The summed E-state index contributed by atoms with van der Waals surface area (Å²) in [5.74, 6) is 0.336. The first kappa shape index (κ1) is 20.4. The summed E-state index contributed by atoms with van der Waals surface area (Å²) in [4.78, 5) is 46.5. The summed E-state index contributed by atoms with van der Waals surface area (Å²) in [6.45, 7) is 2.14. The second-order valence-electron chi connectivity index (χ2n) is 7.78. The number of hydrogen-bond donors (Lipinski definition) is 3. The van der Waals surface area contributed by atoms with Crippen molar-refractivity contribution >= 4 is 46.3 Å². The maximum absolute atomic E-state index is 12.8. The van der Waals surface area contributed by atoms with E-state index < -0.39 is 17.5 Å². The molecule has 2 aliphatic rings. The smallest absolute Gasteiger partial charge is 0.344 e. The van der Waals surface area contributed by atoms with Crippen LogP contribution in [0.4, 0.5) is 10.6 Å². The minimum absolute atomic E-state index is 0.0252.